The molecular formula is C16H24ClNO3. The van der Waals surface area contributed by atoms with Crippen LogP contribution in [0.25, 0.3) is 0 Å². The van der Waals surface area contributed by atoms with Gasteiger partial charge in [-0.25, -0.2) is 0 Å². The van der Waals surface area contributed by atoms with Crippen LogP contribution in [0.5, 0.6) is 11.5 Å². The van der Waals surface area contributed by atoms with Gasteiger partial charge in [-0.3, -0.25) is 0 Å². The molecule has 118 valence electrons. The molecule has 1 aliphatic carbocycles. The van der Waals surface area contributed by atoms with E-state index < -0.39 is 0 Å². The van der Waals surface area contributed by atoms with E-state index >= 15 is 0 Å². The molecule has 0 radical (unpaired) electrons. The van der Waals surface area contributed by atoms with Gasteiger partial charge in [-0.2, -0.15) is 0 Å². The van der Waals surface area contributed by atoms with Crippen molar-refractivity contribution >= 4 is 17.3 Å². The van der Waals surface area contributed by atoms with Crippen LogP contribution in [-0.4, -0.2) is 33.0 Å². The van der Waals surface area contributed by atoms with Crippen LogP contribution in [0.3, 0.4) is 0 Å². The van der Waals surface area contributed by atoms with Crippen LogP contribution < -0.4 is 14.8 Å². The van der Waals surface area contributed by atoms with Gasteiger partial charge in [-0.15, -0.1) is 0 Å². The Bertz CT molecular complexity index is 505. The van der Waals surface area contributed by atoms with Crippen molar-refractivity contribution in [3.05, 3.63) is 17.2 Å². The zero-order chi connectivity index (χ0) is 15.6. The van der Waals surface area contributed by atoms with Crippen molar-refractivity contribution in [1.29, 1.82) is 0 Å². The van der Waals surface area contributed by atoms with E-state index in [9.17, 15) is 0 Å². The van der Waals surface area contributed by atoms with E-state index in [1.807, 2.05) is 13.0 Å². The summed E-state index contributed by atoms with van der Waals surface area (Å²) in [6.45, 7) is 7.21. The minimum atomic E-state index is 0.0773. The smallest absolute Gasteiger partial charge is 0.143 e. The highest BCUT2D eigenvalue weighted by molar-refractivity contribution is 6.32. The second-order valence-corrected chi connectivity index (χ2v) is 6.29. The molecule has 2 atom stereocenters. The molecule has 0 bridgehead atoms. The van der Waals surface area contributed by atoms with Crippen molar-refractivity contribution in [2.75, 3.05) is 26.1 Å². The molecule has 0 spiro atoms. The molecule has 1 fully saturated rings. The fourth-order valence-corrected chi connectivity index (χ4v) is 3.01. The highest BCUT2D eigenvalue weighted by Crippen LogP contribution is 2.46. The minimum Gasteiger partial charge on any atom is -0.495 e. The molecule has 0 heterocycles. The van der Waals surface area contributed by atoms with Crippen LogP contribution in [0.15, 0.2) is 12.1 Å². The molecule has 1 N–H and O–H groups in total. The summed E-state index contributed by atoms with van der Waals surface area (Å²) in [5.74, 6) is 1.36. The summed E-state index contributed by atoms with van der Waals surface area (Å²) < 4.78 is 16.4. The molecule has 2 rings (SSSR count). The predicted octanol–water partition coefficient (Wildman–Crippen LogP) is 3.97. The average Bonchev–Trinajstić information content (AvgIpc) is 2.47. The Morgan fingerprint density at radius 3 is 2.43 bits per heavy atom. The standard InChI is InChI=1S/C16H24ClNO3/c1-6-21-15-9-14(16(15,2)3)18-11-8-12(19-4)10(17)7-13(11)20-5/h7-8,14-15,18H,6,9H2,1-5H3. The molecule has 4 nitrogen and oxygen atoms in total. The first-order valence-electron chi connectivity index (χ1n) is 7.23. The maximum atomic E-state index is 6.13. The Morgan fingerprint density at radius 1 is 1.24 bits per heavy atom. The summed E-state index contributed by atoms with van der Waals surface area (Å²) in [6, 6.07) is 3.98. The molecule has 1 saturated carbocycles. The van der Waals surface area contributed by atoms with Gasteiger partial charge < -0.3 is 19.5 Å². The van der Waals surface area contributed by atoms with Gasteiger partial charge in [0.25, 0.3) is 0 Å². The Morgan fingerprint density at radius 2 is 1.90 bits per heavy atom. The number of nitrogens with one attached hydrogen (secondary N) is 1. The number of halogens is 1. The van der Waals surface area contributed by atoms with Gasteiger partial charge in [0.05, 0.1) is 31.0 Å². The van der Waals surface area contributed by atoms with Crippen molar-refractivity contribution in [2.24, 2.45) is 5.41 Å². The Labute approximate surface area is 131 Å². The maximum absolute atomic E-state index is 6.13. The van der Waals surface area contributed by atoms with Gasteiger partial charge in [0.1, 0.15) is 11.5 Å². The monoisotopic (exact) mass is 313 g/mol. The van der Waals surface area contributed by atoms with E-state index in [-0.39, 0.29) is 5.41 Å². The van der Waals surface area contributed by atoms with Gasteiger partial charge in [0, 0.05) is 30.2 Å². The highest BCUT2D eigenvalue weighted by Gasteiger charge is 2.49. The summed E-state index contributed by atoms with van der Waals surface area (Å²) in [6.07, 6.45) is 1.27. The van der Waals surface area contributed by atoms with Crippen LogP contribution >= 0.6 is 11.6 Å². The third-order valence-corrected chi connectivity index (χ3v) is 4.64. The first-order valence-corrected chi connectivity index (χ1v) is 7.61. The number of methoxy groups -OCH3 is 2. The van der Waals surface area contributed by atoms with Crippen LogP contribution in [0.4, 0.5) is 5.69 Å². The molecule has 1 aliphatic rings. The first kappa shape index (κ1) is 16.2. The molecule has 5 heteroatoms. The van der Waals surface area contributed by atoms with E-state index in [2.05, 4.69) is 19.2 Å². The van der Waals surface area contributed by atoms with Crippen LogP contribution in [-0.2, 0) is 4.74 Å². The van der Waals surface area contributed by atoms with Gasteiger partial charge >= 0.3 is 0 Å². The van der Waals surface area contributed by atoms with Crippen LogP contribution in [0.1, 0.15) is 27.2 Å². The Balaban J connectivity index is 2.17. The first-order chi connectivity index (χ1) is 9.93. The lowest BCUT2D eigenvalue weighted by Crippen LogP contribution is -2.58. The third-order valence-electron chi connectivity index (χ3n) is 4.35. The molecule has 21 heavy (non-hydrogen) atoms. The van der Waals surface area contributed by atoms with Gasteiger partial charge in [0.2, 0.25) is 0 Å². The van der Waals surface area contributed by atoms with Gasteiger partial charge in [-0.05, 0) is 13.3 Å². The number of hydrogen-bond donors (Lipinski definition) is 1. The fourth-order valence-electron chi connectivity index (χ4n) is 2.78. The zero-order valence-corrected chi connectivity index (χ0v) is 14.1. The SMILES string of the molecule is CCOC1CC(Nc2cc(OC)c(Cl)cc2OC)C1(C)C. The second kappa shape index (κ2) is 6.32. The van der Waals surface area contributed by atoms with E-state index in [0.29, 0.717) is 22.9 Å². The van der Waals surface area contributed by atoms with Crippen molar-refractivity contribution in [1.82, 2.24) is 0 Å². The average molecular weight is 314 g/mol. The van der Waals surface area contributed by atoms with E-state index in [0.717, 1.165) is 24.5 Å². The summed E-state index contributed by atoms with van der Waals surface area (Å²) in [5, 5.41) is 4.08. The highest BCUT2D eigenvalue weighted by atomic mass is 35.5. The summed E-state index contributed by atoms with van der Waals surface area (Å²) in [4.78, 5) is 0. The number of ether oxygens (including phenoxy) is 3. The van der Waals surface area contributed by atoms with Gasteiger partial charge in [0.15, 0.2) is 0 Å². The zero-order valence-electron chi connectivity index (χ0n) is 13.3. The Hall–Kier alpha value is -1.13. The lowest BCUT2D eigenvalue weighted by atomic mass is 9.64. The normalized spacial score (nSPS) is 23.3. The lowest BCUT2D eigenvalue weighted by molar-refractivity contribution is -0.0976. The number of hydrogen-bond acceptors (Lipinski definition) is 4. The molecule has 0 aromatic heterocycles. The molecular weight excluding hydrogens is 290 g/mol. The van der Waals surface area contributed by atoms with E-state index in [4.69, 9.17) is 25.8 Å². The number of anilines is 1. The number of benzene rings is 1. The fraction of sp³-hybridized carbons (Fsp3) is 0.625. The van der Waals surface area contributed by atoms with E-state index in [1.165, 1.54) is 0 Å². The molecule has 0 saturated heterocycles. The molecule has 2 unspecified atom stereocenters. The topological polar surface area (TPSA) is 39.7 Å². The van der Waals surface area contributed by atoms with Crippen LogP contribution in [0.2, 0.25) is 5.02 Å². The summed E-state index contributed by atoms with van der Waals surface area (Å²) in [7, 11) is 3.24. The molecule has 1 aromatic rings. The molecule has 0 aliphatic heterocycles. The van der Waals surface area contributed by atoms with Crippen LogP contribution in [0, 0.1) is 5.41 Å². The Kier molecular flexibility index (Phi) is 4.89. The maximum Gasteiger partial charge on any atom is 0.143 e. The van der Waals surface area contributed by atoms with Crippen molar-refractivity contribution in [3.63, 3.8) is 0 Å². The summed E-state index contributed by atoms with van der Waals surface area (Å²) >= 11 is 6.13. The molecule has 1 aromatic carbocycles. The second-order valence-electron chi connectivity index (χ2n) is 5.89. The third kappa shape index (κ3) is 3.06. The largest absolute Gasteiger partial charge is 0.495 e. The quantitative estimate of drug-likeness (QED) is 0.862. The van der Waals surface area contributed by atoms with Gasteiger partial charge in [-0.1, -0.05) is 25.4 Å². The number of rotatable bonds is 6. The predicted molar refractivity (Wildman–Crippen MR) is 85.8 cm³/mol. The van der Waals surface area contributed by atoms with Crippen molar-refractivity contribution in [2.45, 2.75) is 39.3 Å². The lowest BCUT2D eigenvalue weighted by Gasteiger charge is -2.52. The van der Waals surface area contributed by atoms with Crippen molar-refractivity contribution < 1.29 is 14.2 Å². The summed E-state index contributed by atoms with van der Waals surface area (Å²) in [5.41, 5.74) is 0.972. The van der Waals surface area contributed by atoms with Crippen molar-refractivity contribution in [3.8, 4) is 11.5 Å². The molecule has 0 amide bonds. The van der Waals surface area contributed by atoms with E-state index in [1.54, 1.807) is 20.3 Å². The minimum absolute atomic E-state index is 0.0773.